The molecular formula is C40H38O11. The maximum absolute atomic E-state index is 12.2. The molecule has 11 nitrogen and oxygen atoms in total. The maximum atomic E-state index is 12.2. The van der Waals surface area contributed by atoms with Gasteiger partial charge in [-0.1, -0.05) is 84.9 Å². The highest BCUT2D eigenvalue weighted by Crippen LogP contribution is 2.52. The first-order valence-corrected chi connectivity index (χ1v) is 16.8. The fourth-order valence-electron chi connectivity index (χ4n) is 7.89. The van der Waals surface area contributed by atoms with E-state index in [1.54, 1.807) is 24.3 Å². The van der Waals surface area contributed by atoms with Crippen molar-refractivity contribution in [1.29, 1.82) is 0 Å². The highest BCUT2D eigenvalue weighted by molar-refractivity contribution is 6.01. The van der Waals surface area contributed by atoms with E-state index in [0.717, 1.165) is 21.5 Å². The summed E-state index contributed by atoms with van der Waals surface area (Å²) in [5.74, 6) is -2.55. The zero-order chi connectivity index (χ0) is 35.7. The monoisotopic (exact) mass is 694 g/mol. The SMILES string of the molecule is OC[C@H]1O[C@](O[C@@]2(c3cccc4cc5ccccc5cc34)[C@H](O)O[C@H](CO)[C@H](O)[C@@H]2O)(c2cccc3cc4ccccc4cc23)[C@H](O)[C@@H](O)[C@H]1O. The van der Waals surface area contributed by atoms with Crippen LogP contribution in [0.15, 0.2) is 109 Å². The summed E-state index contributed by atoms with van der Waals surface area (Å²) < 4.78 is 19.2. The summed E-state index contributed by atoms with van der Waals surface area (Å²) in [6, 6.07) is 32.8. The van der Waals surface area contributed by atoms with Crippen molar-refractivity contribution in [2.24, 2.45) is 0 Å². The summed E-state index contributed by atoms with van der Waals surface area (Å²) in [4.78, 5) is 0. The molecule has 0 radical (unpaired) electrons. The van der Waals surface area contributed by atoms with Gasteiger partial charge in [0.1, 0.15) is 42.7 Å². The predicted molar refractivity (Wildman–Crippen MR) is 187 cm³/mol. The lowest BCUT2D eigenvalue weighted by Gasteiger charge is -2.56. The molecule has 11 heteroatoms. The Morgan fingerprint density at radius 3 is 1.55 bits per heavy atom. The van der Waals surface area contributed by atoms with E-state index >= 15 is 0 Å². The molecule has 10 atom stereocenters. The zero-order valence-corrected chi connectivity index (χ0v) is 27.2. The summed E-state index contributed by atoms with van der Waals surface area (Å²) >= 11 is 0. The van der Waals surface area contributed by atoms with E-state index in [1.165, 1.54) is 0 Å². The van der Waals surface area contributed by atoms with E-state index in [-0.39, 0.29) is 11.1 Å². The van der Waals surface area contributed by atoms with Crippen molar-refractivity contribution in [1.82, 2.24) is 0 Å². The zero-order valence-electron chi connectivity index (χ0n) is 27.2. The van der Waals surface area contributed by atoms with Gasteiger partial charge in [-0.2, -0.15) is 0 Å². The molecule has 8 rings (SSSR count). The molecule has 2 fully saturated rings. The number of ether oxygens (including phenoxy) is 3. The van der Waals surface area contributed by atoms with E-state index in [2.05, 4.69) is 0 Å². The molecule has 0 amide bonds. The van der Waals surface area contributed by atoms with Crippen LogP contribution in [-0.2, 0) is 25.6 Å². The van der Waals surface area contributed by atoms with Crippen LogP contribution in [0.1, 0.15) is 11.1 Å². The van der Waals surface area contributed by atoms with Crippen LogP contribution in [-0.4, -0.2) is 103 Å². The average Bonchev–Trinajstić information content (AvgIpc) is 3.16. The number of aliphatic hydroxyl groups is 8. The standard InChI is InChI=1S/C40H38O11/c41-19-31-34(44)36(46)39(38(48)49-31,29-13-5-11-25-15-21-7-1-3-9-23(21)17-27(25)29)51-40(37(47)35(45)33(43)32(20-42)50-40)30-14-6-12-26-16-22-8-2-4-10-24(22)18-28(26)30/h1-18,31-38,41-48H,19-20H2/t31-,32-,33+,34+,35+,36+,37-,38-,39-,40+/m1/s1. The molecular weight excluding hydrogens is 656 g/mol. The molecule has 0 bridgehead atoms. The predicted octanol–water partition coefficient (Wildman–Crippen LogP) is 2.27. The Balaban J connectivity index is 1.45. The molecule has 2 aliphatic heterocycles. The van der Waals surface area contributed by atoms with Crippen LogP contribution < -0.4 is 0 Å². The Morgan fingerprint density at radius 1 is 0.510 bits per heavy atom. The van der Waals surface area contributed by atoms with Gasteiger partial charge in [0.25, 0.3) is 0 Å². The highest BCUT2D eigenvalue weighted by Gasteiger charge is 2.66. The molecule has 6 aromatic rings. The Hall–Kier alpha value is -4.08. The lowest BCUT2D eigenvalue weighted by molar-refractivity contribution is -0.449. The fraction of sp³-hybridized carbons (Fsp3) is 0.300. The van der Waals surface area contributed by atoms with E-state index in [4.69, 9.17) is 14.2 Å². The third kappa shape index (κ3) is 5.17. The quantitative estimate of drug-likeness (QED) is 0.120. The van der Waals surface area contributed by atoms with Gasteiger partial charge in [0, 0.05) is 5.56 Å². The Kier molecular flexibility index (Phi) is 8.57. The summed E-state index contributed by atoms with van der Waals surface area (Å²) in [7, 11) is 0. The van der Waals surface area contributed by atoms with Gasteiger partial charge in [-0.15, -0.1) is 0 Å². The van der Waals surface area contributed by atoms with Crippen LogP contribution >= 0.6 is 0 Å². The molecule has 2 saturated heterocycles. The van der Waals surface area contributed by atoms with E-state index in [9.17, 15) is 40.9 Å². The van der Waals surface area contributed by atoms with Gasteiger partial charge < -0.3 is 55.1 Å². The topological polar surface area (TPSA) is 190 Å². The molecule has 2 heterocycles. The lowest BCUT2D eigenvalue weighted by Crippen LogP contribution is -2.71. The summed E-state index contributed by atoms with van der Waals surface area (Å²) in [6.45, 7) is -1.57. The second-order valence-corrected chi connectivity index (χ2v) is 13.4. The molecule has 0 aromatic heterocycles. The van der Waals surface area contributed by atoms with Gasteiger partial charge in [-0.3, -0.25) is 0 Å². The number of hydrogen-bond acceptors (Lipinski definition) is 11. The fourth-order valence-corrected chi connectivity index (χ4v) is 7.89. The van der Waals surface area contributed by atoms with E-state index < -0.39 is 73.6 Å². The number of benzene rings is 6. The molecule has 51 heavy (non-hydrogen) atoms. The first-order chi connectivity index (χ1) is 24.6. The van der Waals surface area contributed by atoms with Crippen molar-refractivity contribution in [3.63, 3.8) is 0 Å². The van der Waals surface area contributed by atoms with Crippen molar-refractivity contribution in [2.45, 2.75) is 60.4 Å². The van der Waals surface area contributed by atoms with Gasteiger partial charge in [0.2, 0.25) is 5.79 Å². The van der Waals surface area contributed by atoms with Crippen LogP contribution in [0.25, 0.3) is 43.1 Å². The third-order valence-corrected chi connectivity index (χ3v) is 10.6. The number of fused-ring (bicyclic) bond motifs is 4. The van der Waals surface area contributed by atoms with Crippen LogP contribution in [0, 0.1) is 0 Å². The molecule has 0 saturated carbocycles. The Labute approximate surface area is 291 Å². The number of hydrogen-bond donors (Lipinski definition) is 8. The van der Waals surface area contributed by atoms with E-state index in [0.29, 0.717) is 21.5 Å². The van der Waals surface area contributed by atoms with Crippen molar-refractivity contribution in [2.75, 3.05) is 13.2 Å². The molecule has 6 aromatic carbocycles. The van der Waals surface area contributed by atoms with Crippen molar-refractivity contribution in [3.8, 4) is 0 Å². The van der Waals surface area contributed by atoms with E-state index in [1.807, 2.05) is 84.9 Å². The molecule has 0 unspecified atom stereocenters. The summed E-state index contributed by atoms with van der Waals surface area (Å²) in [5, 5.41) is 96.5. The van der Waals surface area contributed by atoms with Gasteiger partial charge in [-0.25, -0.2) is 0 Å². The molecule has 2 aliphatic rings. The third-order valence-electron chi connectivity index (χ3n) is 10.6. The maximum Gasteiger partial charge on any atom is 0.226 e. The average molecular weight is 695 g/mol. The van der Waals surface area contributed by atoms with Gasteiger partial charge >= 0.3 is 0 Å². The van der Waals surface area contributed by atoms with Crippen LogP contribution in [0.5, 0.6) is 0 Å². The van der Waals surface area contributed by atoms with Crippen LogP contribution in [0.2, 0.25) is 0 Å². The summed E-state index contributed by atoms with van der Waals surface area (Å²) in [5.41, 5.74) is -2.25. The van der Waals surface area contributed by atoms with Crippen molar-refractivity contribution < 1.29 is 55.1 Å². The normalized spacial score (nSPS) is 32.9. The molecule has 264 valence electrons. The first kappa shape index (κ1) is 34.0. The molecule has 8 N–H and O–H groups in total. The van der Waals surface area contributed by atoms with Gasteiger partial charge in [0.15, 0.2) is 11.9 Å². The second kappa shape index (κ2) is 12.8. The molecule has 0 aliphatic carbocycles. The van der Waals surface area contributed by atoms with Crippen LogP contribution in [0.4, 0.5) is 0 Å². The van der Waals surface area contributed by atoms with Gasteiger partial charge in [0.05, 0.1) is 13.2 Å². The van der Waals surface area contributed by atoms with Crippen molar-refractivity contribution >= 4 is 43.1 Å². The minimum atomic E-state index is -2.55. The highest BCUT2D eigenvalue weighted by atomic mass is 16.8. The Morgan fingerprint density at radius 2 is 1.00 bits per heavy atom. The minimum absolute atomic E-state index is 0.128. The van der Waals surface area contributed by atoms with Crippen LogP contribution in [0.3, 0.4) is 0 Å². The lowest BCUT2D eigenvalue weighted by atomic mass is 9.77. The molecule has 0 spiro atoms. The Bertz CT molecular complexity index is 2240. The van der Waals surface area contributed by atoms with Crippen molar-refractivity contribution in [3.05, 3.63) is 120 Å². The second-order valence-electron chi connectivity index (χ2n) is 13.4. The largest absolute Gasteiger partial charge is 0.394 e. The summed E-state index contributed by atoms with van der Waals surface area (Å²) in [6.07, 6.45) is -14.8. The first-order valence-electron chi connectivity index (χ1n) is 16.8. The number of aliphatic hydroxyl groups excluding tert-OH is 8. The number of rotatable bonds is 6. The van der Waals surface area contributed by atoms with Gasteiger partial charge in [-0.05, 0) is 72.9 Å². The smallest absolute Gasteiger partial charge is 0.226 e. The minimum Gasteiger partial charge on any atom is -0.394 e.